The molecule has 0 saturated carbocycles. The van der Waals surface area contributed by atoms with Crippen LogP contribution in [0.5, 0.6) is 0 Å². The van der Waals surface area contributed by atoms with E-state index in [9.17, 15) is 0 Å². The molecule has 0 saturated heterocycles. The minimum atomic E-state index is -4.94. The minimum Gasteiger partial charge on any atom is -0.222 e. The first-order valence-electron chi connectivity index (χ1n) is 12.0. The van der Waals surface area contributed by atoms with Crippen LogP contribution in [0.25, 0.3) is 6.08 Å². The maximum Gasteiger partial charge on any atom is -0.112 e. The Hall–Kier alpha value is -0.521. The molecule has 0 bridgehead atoms. The van der Waals surface area contributed by atoms with Gasteiger partial charge in [0, 0.05) is 0 Å². The fraction of sp³-hybridized carbons (Fsp3) is 0.552. The van der Waals surface area contributed by atoms with Gasteiger partial charge in [-0.1, -0.05) is 0 Å². The fourth-order valence-corrected chi connectivity index (χ4v) is 8.19. The number of allylic oxidation sites excluding steroid dienone is 7. The van der Waals surface area contributed by atoms with Crippen molar-refractivity contribution in [2.24, 2.45) is 10.8 Å². The SMILES string of the molecule is CC(C)(C)C1=CC(=C/C=C/c2cc(C(C)(C)C)[se+]c(C(C)(C)C)c2)C=C(C(C)(C)C)[Se]1.[O-][Cl+3]([O-])([O-])[O-]. The molecule has 0 aliphatic carbocycles. The number of halogens is 1. The Labute approximate surface area is 233 Å². The molecule has 1 aromatic rings. The molecule has 0 atom stereocenters. The van der Waals surface area contributed by atoms with Crippen LogP contribution < -0.4 is 18.6 Å². The van der Waals surface area contributed by atoms with Crippen molar-refractivity contribution in [1.29, 1.82) is 0 Å². The van der Waals surface area contributed by atoms with E-state index in [-0.39, 0.29) is 21.7 Å². The van der Waals surface area contributed by atoms with Gasteiger partial charge in [0.15, 0.2) is 0 Å². The summed E-state index contributed by atoms with van der Waals surface area (Å²) < 4.78 is 40.3. The third kappa shape index (κ3) is 12.3. The second-order valence-electron chi connectivity index (χ2n) is 13.1. The van der Waals surface area contributed by atoms with E-state index in [1.54, 1.807) is 17.8 Å². The van der Waals surface area contributed by atoms with Gasteiger partial charge >= 0.3 is 206 Å². The summed E-state index contributed by atoms with van der Waals surface area (Å²) in [5.74, 6) is 0. The molecule has 0 N–H and O–H groups in total. The van der Waals surface area contributed by atoms with E-state index in [0.29, 0.717) is 29.5 Å². The van der Waals surface area contributed by atoms with E-state index in [0.717, 1.165) is 0 Å². The molecule has 1 aliphatic rings. The van der Waals surface area contributed by atoms with Crippen molar-refractivity contribution < 1.29 is 28.9 Å². The van der Waals surface area contributed by atoms with Crippen molar-refractivity contribution in [2.75, 3.05) is 0 Å². The van der Waals surface area contributed by atoms with Gasteiger partial charge in [0.2, 0.25) is 0 Å². The van der Waals surface area contributed by atoms with Crippen LogP contribution in [0, 0.1) is 21.1 Å². The zero-order valence-electron chi connectivity index (χ0n) is 23.9. The summed E-state index contributed by atoms with van der Waals surface area (Å²) in [7, 11) is -4.94. The molecule has 0 spiro atoms. The van der Waals surface area contributed by atoms with Crippen molar-refractivity contribution >= 4 is 35.5 Å². The zero-order valence-corrected chi connectivity index (χ0v) is 28.1. The van der Waals surface area contributed by atoms with Crippen LogP contribution in [-0.2, 0) is 10.8 Å². The van der Waals surface area contributed by atoms with Crippen molar-refractivity contribution in [1.82, 2.24) is 0 Å². The van der Waals surface area contributed by atoms with Gasteiger partial charge in [-0.2, -0.15) is 0 Å². The summed E-state index contributed by atoms with van der Waals surface area (Å²) >= 11 is 0.874. The molecule has 0 unspecified atom stereocenters. The van der Waals surface area contributed by atoms with Crippen LogP contribution in [0.2, 0.25) is 0 Å². The van der Waals surface area contributed by atoms with Crippen LogP contribution in [-0.4, -0.2) is 29.5 Å². The Kier molecular flexibility index (Phi) is 11.3. The average Bonchev–Trinajstić information content (AvgIpc) is 2.63. The molecule has 2 heterocycles. The van der Waals surface area contributed by atoms with Crippen molar-refractivity contribution in [3.8, 4) is 0 Å². The van der Waals surface area contributed by atoms with E-state index in [1.807, 2.05) is 0 Å². The Morgan fingerprint density at radius 1 is 0.667 bits per heavy atom. The maximum absolute atomic E-state index is 8.49. The summed E-state index contributed by atoms with van der Waals surface area (Å²) in [4.78, 5) is 0. The van der Waals surface area contributed by atoms with E-state index < -0.39 is 10.2 Å². The molecule has 0 radical (unpaired) electrons. The first-order valence-corrected chi connectivity index (χ1v) is 16.6. The molecule has 1 aliphatic heterocycles. The Balaban J connectivity index is 0.00000118. The van der Waals surface area contributed by atoms with Crippen molar-refractivity contribution in [2.45, 2.75) is 93.9 Å². The monoisotopic (exact) mass is 650 g/mol. The van der Waals surface area contributed by atoms with Crippen molar-refractivity contribution in [3.05, 3.63) is 65.4 Å². The van der Waals surface area contributed by atoms with Gasteiger partial charge in [0.25, 0.3) is 0 Å². The van der Waals surface area contributed by atoms with Gasteiger partial charge in [0.05, 0.1) is 0 Å². The molecule has 1 aromatic heterocycles. The molecule has 4 nitrogen and oxygen atoms in total. The fourth-order valence-electron chi connectivity index (χ4n) is 2.98. The predicted molar refractivity (Wildman–Crippen MR) is 143 cm³/mol. The number of rotatable bonds is 2. The summed E-state index contributed by atoms with van der Waals surface area (Å²) in [6.07, 6.45) is 11.7. The zero-order chi connectivity index (χ0) is 28.3. The minimum absolute atomic E-state index is 0.225. The molecule has 202 valence electrons. The van der Waals surface area contributed by atoms with Crippen LogP contribution >= 0.6 is 0 Å². The van der Waals surface area contributed by atoms with E-state index in [1.165, 1.54) is 11.1 Å². The van der Waals surface area contributed by atoms with Crippen LogP contribution in [0.1, 0.15) is 97.5 Å². The molecule has 0 amide bonds. The number of hydrogen-bond donors (Lipinski definition) is 0. The summed E-state index contributed by atoms with van der Waals surface area (Å²) in [5.41, 5.74) is 3.57. The topological polar surface area (TPSA) is 92.2 Å². The van der Waals surface area contributed by atoms with Crippen LogP contribution in [0.3, 0.4) is 0 Å². The first-order chi connectivity index (χ1) is 15.9. The van der Waals surface area contributed by atoms with Gasteiger partial charge < -0.3 is 0 Å². The molecule has 0 fully saturated rings. The largest absolute Gasteiger partial charge is 0.222 e. The molecule has 0 aromatic carbocycles. The van der Waals surface area contributed by atoms with Gasteiger partial charge in [-0.05, 0) is 0 Å². The average molecular weight is 649 g/mol. The summed E-state index contributed by atoms with van der Waals surface area (Å²) in [6, 6.07) is 4.86. The second-order valence-corrected chi connectivity index (χ2v) is 18.4. The number of hydrogen-bond acceptors (Lipinski definition) is 4. The van der Waals surface area contributed by atoms with Gasteiger partial charge in [-0.15, -0.1) is 10.2 Å². The van der Waals surface area contributed by atoms with Crippen molar-refractivity contribution in [3.63, 3.8) is 0 Å². The smallest absolute Gasteiger partial charge is 0.112 e. The molecule has 36 heavy (non-hydrogen) atoms. The van der Waals surface area contributed by atoms with Gasteiger partial charge in [-0.25, -0.2) is 18.6 Å². The Morgan fingerprint density at radius 3 is 1.33 bits per heavy atom. The van der Waals surface area contributed by atoms with E-state index in [2.05, 4.69) is 126 Å². The van der Waals surface area contributed by atoms with Gasteiger partial charge in [-0.3, -0.25) is 0 Å². The summed E-state index contributed by atoms with van der Waals surface area (Å²) in [6.45, 7) is 28.1. The third-order valence-corrected chi connectivity index (χ3v) is 13.1. The van der Waals surface area contributed by atoms with E-state index in [4.69, 9.17) is 18.6 Å². The predicted octanol–water partition coefficient (Wildman–Crippen LogP) is 3.38. The Bertz CT molecular complexity index is 963. The van der Waals surface area contributed by atoms with Crippen LogP contribution in [0.15, 0.2) is 51.0 Å². The van der Waals surface area contributed by atoms with Crippen LogP contribution in [0.4, 0.5) is 0 Å². The molecule has 2 rings (SSSR count). The quantitative estimate of drug-likeness (QED) is 0.460. The second kappa shape index (κ2) is 12.1. The first kappa shape index (κ1) is 33.5. The van der Waals surface area contributed by atoms with E-state index >= 15 is 0 Å². The Morgan fingerprint density at radius 2 is 1.03 bits per heavy atom. The maximum atomic E-state index is 8.49. The van der Waals surface area contributed by atoms with Gasteiger partial charge in [0.1, 0.15) is 0 Å². The molecular formula is C29H43ClO4Se2. The molecular weight excluding hydrogens is 606 g/mol. The normalized spacial score (nSPS) is 15.8. The third-order valence-electron chi connectivity index (χ3n) is 5.17. The standard InChI is InChI=1S/C29H43Se2.ClHO4/c1-26(2,3)22-16-20(17-23(30-22)27(4,5)6)14-13-15-21-18-24(28(7,8)9)31-25(19-21)29(10,11)12;2-1(3,4)5/h13-19H,1-12H3;(H,2,3,4,5)/q+1;/p-1. The molecule has 7 heteroatoms. The summed E-state index contributed by atoms with van der Waals surface area (Å²) in [5, 5.41) is 0.